The highest BCUT2D eigenvalue weighted by atomic mass is 35.5. The lowest BCUT2D eigenvalue weighted by molar-refractivity contribution is -0.149. The Hall–Kier alpha value is -1.93. The maximum atomic E-state index is 12.0. The van der Waals surface area contributed by atoms with Crippen molar-refractivity contribution < 1.29 is 19.1 Å². The summed E-state index contributed by atoms with van der Waals surface area (Å²) in [5, 5.41) is 5.34. The number of halogens is 1. The summed E-state index contributed by atoms with van der Waals surface area (Å²) >= 11 is 7.63. The van der Waals surface area contributed by atoms with Gasteiger partial charge in [-0.1, -0.05) is 17.7 Å². The molecule has 0 fully saturated rings. The van der Waals surface area contributed by atoms with Crippen molar-refractivity contribution in [2.75, 3.05) is 23.9 Å². The number of hydrogen-bond donors (Lipinski definition) is 3. The van der Waals surface area contributed by atoms with E-state index >= 15 is 0 Å². The number of thioether (sulfide) groups is 1. The number of benzene rings is 1. The van der Waals surface area contributed by atoms with Gasteiger partial charge in [-0.05, 0) is 49.5 Å². The van der Waals surface area contributed by atoms with E-state index in [1.165, 1.54) is 11.8 Å². The van der Waals surface area contributed by atoms with Crippen LogP contribution in [0.25, 0.3) is 0 Å². The van der Waals surface area contributed by atoms with Crippen molar-refractivity contribution in [3.8, 4) is 0 Å². The van der Waals surface area contributed by atoms with Gasteiger partial charge in [-0.15, -0.1) is 0 Å². The van der Waals surface area contributed by atoms with Gasteiger partial charge in [0.15, 0.2) is 6.61 Å². The Morgan fingerprint density at radius 3 is 2.56 bits per heavy atom. The van der Waals surface area contributed by atoms with Crippen molar-refractivity contribution in [1.29, 1.82) is 0 Å². The Labute approximate surface area is 156 Å². The minimum Gasteiger partial charge on any atom is -0.454 e. The van der Waals surface area contributed by atoms with Crippen LogP contribution < -0.4 is 16.4 Å². The Bertz CT molecular complexity index is 631. The van der Waals surface area contributed by atoms with Crippen LogP contribution in [0.4, 0.5) is 10.5 Å². The maximum Gasteiger partial charge on any atom is 0.329 e. The van der Waals surface area contributed by atoms with Gasteiger partial charge >= 0.3 is 12.0 Å². The van der Waals surface area contributed by atoms with Gasteiger partial charge < -0.3 is 21.1 Å². The van der Waals surface area contributed by atoms with E-state index in [9.17, 15) is 14.4 Å². The largest absolute Gasteiger partial charge is 0.454 e. The van der Waals surface area contributed by atoms with Crippen LogP contribution in [0.3, 0.4) is 0 Å². The van der Waals surface area contributed by atoms with E-state index in [1.54, 1.807) is 6.07 Å². The number of amides is 3. The monoisotopic (exact) mass is 387 g/mol. The van der Waals surface area contributed by atoms with Gasteiger partial charge in [0, 0.05) is 0 Å². The SMILES string of the molecule is CSCC[C@H](NC(N)=O)C(=O)OCC(=O)Nc1c(C)cc(C)cc1Cl. The zero-order chi connectivity index (χ0) is 19.0. The first-order valence-corrected chi connectivity index (χ1v) is 9.30. The second-order valence-corrected chi connectivity index (χ2v) is 6.83. The maximum absolute atomic E-state index is 12.0. The van der Waals surface area contributed by atoms with E-state index in [-0.39, 0.29) is 0 Å². The first-order chi connectivity index (χ1) is 11.7. The van der Waals surface area contributed by atoms with Crippen LogP contribution in [0.1, 0.15) is 17.5 Å². The van der Waals surface area contributed by atoms with Crippen LogP contribution in [-0.2, 0) is 14.3 Å². The van der Waals surface area contributed by atoms with E-state index in [1.807, 2.05) is 26.2 Å². The van der Waals surface area contributed by atoms with Crippen molar-refractivity contribution in [3.63, 3.8) is 0 Å². The van der Waals surface area contributed by atoms with Gasteiger partial charge in [0.25, 0.3) is 5.91 Å². The molecule has 0 bridgehead atoms. The average Bonchev–Trinajstić information content (AvgIpc) is 2.52. The molecule has 0 spiro atoms. The Morgan fingerprint density at radius 1 is 1.32 bits per heavy atom. The molecule has 0 aliphatic heterocycles. The summed E-state index contributed by atoms with van der Waals surface area (Å²) in [5.41, 5.74) is 7.30. The fourth-order valence-corrected chi connectivity index (χ4v) is 2.98. The van der Waals surface area contributed by atoms with Crippen molar-refractivity contribution in [2.45, 2.75) is 26.3 Å². The van der Waals surface area contributed by atoms with Gasteiger partial charge in [-0.25, -0.2) is 9.59 Å². The molecule has 25 heavy (non-hydrogen) atoms. The smallest absolute Gasteiger partial charge is 0.329 e. The van der Waals surface area contributed by atoms with Crippen molar-refractivity contribution in [1.82, 2.24) is 5.32 Å². The molecule has 0 aromatic heterocycles. The summed E-state index contributed by atoms with van der Waals surface area (Å²) in [6.45, 7) is 3.22. The molecule has 3 amide bonds. The summed E-state index contributed by atoms with van der Waals surface area (Å²) in [7, 11) is 0. The molecule has 0 saturated heterocycles. The number of nitrogens with one attached hydrogen (secondary N) is 2. The van der Waals surface area contributed by atoms with Crippen molar-refractivity contribution in [3.05, 3.63) is 28.3 Å². The molecule has 1 atom stereocenters. The molecule has 0 heterocycles. The highest BCUT2D eigenvalue weighted by Gasteiger charge is 2.22. The standard InChI is InChI=1S/C16H22ClN3O4S/c1-9-6-10(2)14(11(17)7-9)20-13(21)8-24-15(22)12(4-5-25-3)19-16(18)23/h6-7,12H,4-5,8H2,1-3H3,(H,20,21)(H3,18,19,23)/t12-/m0/s1. The fourth-order valence-electron chi connectivity index (χ4n) is 2.14. The number of rotatable bonds is 8. The molecule has 0 aliphatic carbocycles. The Kier molecular flexibility index (Phi) is 8.57. The lowest BCUT2D eigenvalue weighted by Gasteiger charge is -2.16. The average molecular weight is 388 g/mol. The number of urea groups is 1. The summed E-state index contributed by atoms with van der Waals surface area (Å²) < 4.78 is 4.97. The van der Waals surface area contributed by atoms with Gasteiger partial charge in [-0.2, -0.15) is 11.8 Å². The molecule has 0 saturated carbocycles. The van der Waals surface area contributed by atoms with E-state index in [0.29, 0.717) is 22.9 Å². The highest BCUT2D eigenvalue weighted by molar-refractivity contribution is 7.98. The number of primary amides is 1. The van der Waals surface area contributed by atoms with Crippen LogP contribution in [0.15, 0.2) is 12.1 Å². The zero-order valence-corrected chi connectivity index (χ0v) is 15.9. The summed E-state index contributed by atoms with van der Waals surface area (Å²) in [4.78, 5) is 35.0. The summed E-state index contributed by atoms with van der Waals surface area (Å²) in [6, 6.07) is 1.89. The molecule has 0 aliphatic rings. The van der Waals surface area contributed by atoms with Crippen molar-refractivity contribution >= 4 is 47.0 Å². The molecule has 0 unspecified atom stereocenters. The van der Waals surface area contributed by atoms with Gasteiger partial charge in [0.1, 0.15) is 6.04 Å². The van der Waals surface area contributed by atoms with E-state index in [0.717, 1.165) is 11.1 Å². The molecule has 1 aromatic rings. The molecule has 138 valence electrons. The van der Waals surface area contributed by atoms with E-state index in [4.69, 9.17) is 22.1 Å². The molecule has 1 aromatic carbocycles. The van der Waals surface area contributed by atoms with Crippen molar-refractivity contribution in [2.24, 2.45) is 5.73 Å². The molecular weight excluding hydrogens is 366 g/mol. The molecular formula is C16H22ClN3O4S. The number of nitrogens with two attached hydrogens (primary N) is 1. The third-order valence-electron chi connectivity index (χ3n) is 3.25. The predicted molar refractivity (Wildman–Crippen MR) is 100 cm³/mol. The van der Waals surface area contributed by atoms with Crippen LogP contribution in [0.5, 0.6) is 0 Å². The number of hydrogen-bond acceptors (Lipinski definition) is 5. The molecule has 7 nitrogen and oxygen atoms in total. The summed E-state index contributed by atoms with van der Waals surface area (Å²) in [5.74, 6) is -0.607. The second kappa shape index (κ2) is 10.1. The molecule has 4 N–H and O–H groups in total. The first kappa shape index (κ1) is 21.1. The Balaban J connectivity index is 2.62. The van der Waals surface area contributed by atoms with Crippen LogP contribution in [0.2, 0.25) is 5.02 Å². The van der Waals surface area contributed by atoms with Gasteiger partial charge in [-0.3, -0.25) is 4.79 Å². The van der Waals surface area contributed by atoms with Crippen LogP contribution in [0, 0.1) is 13.8 Å². The van der Waals surface area contributed by atoms with Crippen LogP contribution in [-0.4, -0.2) is 42.6 Å². The first-order valence-electron chi connectivity index (χ1n) is 7.52. The minimum absolute atomic E-state index is 0.355. The fraction of sp³-hybridized carbons (Fsp3) is 0.438. The number of anilines is 1. The number of aryl methyl sites for hydroxylation is 2. The van der Waals surface area contributed by atoms with Gasteiger partial charge in [0.2, 0.25) is 0 Å². The Morgan fingerprint density at radius 2 is 2.00 bits per heavy atom. The quantitative estimate of drug-likeness (QED) is 0.592. The molecule has 0 radical (unpaired) electrons. The predicted octanol–water partition coefficient (Wildman–Crippen LogP) is 2.23. The topological polar surface area (TPSA) is 111 Å². The zero-order valence-electron chi connectivity index (χ0n) is 14.3. The molecule has 1 rings (SSSR count). The lowest BCUT2D eigenvalue weighted by atomic mass is 10.1. The third kappa shape index (κ3) is 7.23. The van der Waals surface area contributed by atoms with E-state index in [2.05, 4.69) is 10.6 Å². The van der Waals surface area contributed by atoms with Gasteiger partial charge in [0.05, 0.1) is 10.7 Å². The third-order valence-corrected chi connectivity index (χ3v) is 4.20. The summed E-state index contributed by atoms with van der Waals surface area (Å²) in [6.07, 6.45) is 2.22. The highest BCUT2D eigenvalue weighted by Crippen LogP contribution is 2.27. The number of ether oxygens (including phenoxy) is 1. The lowest BCUT2D eigenvalue weighted by Crippen LogP contribution is -2.45. The normalized spacial score (nSPS) is 11.5. The number of carbonyl (C=O) groups is 3. The number of esters is 1. The second-order valence-electron chi connectivity index (χ2n) is 5.44. The number of carbonyl (C=O) groups excluding carboxylic acids is 3. The van der Waals surface area contributed by atoms with E-state index < -0.39 is 30.6 Å². The minimum atomic E-state index is -0.887. The molecule has 9 heteroatoms. The van der Waals surface area contributed by atoms with Crippen LogP contribution >= 0.6 is 23.4 Å².